The first-order valence-corrected chi connectivity index (χ1v) is 12.8. The third-order valence-corrected chi connectivity index (χ3v) is 6.72. The van der Waals surface area contributed by atoms with Crippen molar-refractivity contribution in [2.75, 3.05) is 10.6 Å². The lowest BCUT2D eigenvalue weighted by atomic mass is 10.0. The zero-order valence-corrected chi connectivity index (χ0v) is 20.3. The molecule has 0 heterocycles. The number of benzene rings is 4. The predicted molar refractivity (Wildman–Crippen MR) is 140 cm³/mol. The summed E-state index contributed by atoms with van der Waals surface area (Å²) in [7, 11) is -3.56. The first-order chi connectivity index (χ1) is 16.7. The number of aromatic hydroxyl groups is 1. The van der Waals surface area contributed by atoms with E-state index in [9.17, 15) is 18.3 Å². The van der Waals surface area contributed by atoms with Gasteiger partial charge >= 0.3 is 0 Å². The number of hydrogen-bond donors (Lipinski definition) is 2. The third kappa shape index (κ3) is 5.79. The Balaban J connectivity index is 1.47. The van der Waals surface area contributed by atoms with Crippen LogP contribution in [0.2, 0.25) is 5.02 Å². The Morgan fingerprint density at radius 2 is 1.77 bits per heavy atom. The van der Waals surface area contributed by atoms with Gasteiger partial charge in [0, 0.05) is 16.1 Å². The Labute approximate surface area is 208 Å². The van der Waals surface area contributed by atoms with Crippen LogP contribution in [0, 0.1) is 0 Å². The van der Waals surface area contributed by atoms with Gasteiger partial charge in [-0.3, -0.25) is 9.10 Å². The maximum Gasteiger partial charge on any atom is 0.271 e. The van der Waals surface area contributed by atoms with Crippen LogP contribution in [0.15, 0.2) is 90.0 Å². The van der Waals surface area contributed by atoms with Crippen LogP contribution in [-0.2, 0) is 16.6 Å². The van der Waals surface area contributed by atoms with E-state index in [1.165, 1.54) is 10.5 Å². The minimum Gasteiger partial charge on any atom is -0.507 e. The highest BCUT2D eigenvalue weighted by Gasteiger charge is 2.18. The Morgan fingerprint density at radius 3 is 2.49 bits per heavy atom. The molecule has 1 amide bonds. The van der Waals surface area contributed by atoms with Gasteiger partial charge in [0.1, 0.15) is 5.75 Å². The van der Waals surface area contributed by atoms with E-state index in [1.807, 2.05) is 24.3 Å². The number of fused-ring (bicyclic) bond motifs is 1. The smallest absolute Gasteiger partial charge is 0.271 e. The summed E-state index contributed by atoms with van der Waals surface area (Å²) < 4.78 is 25.9. The molecule has 0 radical (unpaired) electrons. The normalized spacial score (nSPS) is 11.6. The molecule has 0 saturated heterocycles. The van der Waals surface area contributed by atoms with Crippen molar-refractivity contribution in [3.8, 4) is 5.75 Å². The van der Waals surface area contributed by atoms with Gasteiger partial charge in [0.15, 0.2) is 0 Å². The van der Waals surface area contributed by atoms with E-state index in [2.05, 4.69) is 10.5 Å². The lowest BCUT2D eigenvalue weighted by molar-refractivity contribution is 0.0955. The summed E-state index contributed by atoms with van der Waals surface area (Å²) in [6, 6.07) is 24.1. The van der Waals surface area contributed by atoms with Crippen LogP contribution in [0.3, 0.4) is 0 Å². The number of halogens is 1. The lowest BCUT2D eigenvalue weighted by Gasteiger charge is -2.22. The molecule has 4 aromatic rings. The number of amides is 1. The number of phenols is 1. The zero-order valence-electron chi connectivity index (χ0n) is 18.7. The lowest BCUT2D eigenvalue weighted by Crippen LogP contribution is -2.29. The Kier molecular flexibility index (Phi) is 7.04. The van der Waals surface area contributed by atoms with Crippen LogP contribution in [0.1, 0.15) is 21.5 Å². The number of nitrogens with one attached hydrogen (secondary N) is 1. The number of sulfonamides is 1. The van der Waals surface area contributed by atoms with Gasteiger partial charge in [0.25, 0.3) is 5.91 Å². The van der Waals surface area contributed by atoms with Crippen molar-refractivity contribution < 1.29 is 18.3 Å². The van der Waals surface area contributed by atoms with Crippen LogP contribution in [0.25, 0.3) is 10.8 Å². The second kappa shape index (κ2) is 10.2. The highest BCUT2D eigenvalue weighted by molar-refractivity contribution is 7.92. The molecular formula is C26H22ClN3O4S. The summed E-state index contributed by atoms with van der Waals surface area (Å²) in [6.45, 7) is 0.0829. The highest BCUT2D eigenvalue weighted by Crippen LogP contribution is 2.26. The number of hydrogen-bond acceptors (Lipinski definition) is 5. The molecule has 2 N–H and O–H groups in total. The number of hydrazone groups is 1. The Bertz CT molecular complexity index is 1520. The van der Waals surface area contributed by atoms with E-state index in [-0.39, 0.29) is 12.3 Å². The molecule has 4 rings (SSSR count). The molecule has 9 heteroatoms. The van der Waals surface area contributed by atoms with Crippen molar-refractivity contribution in [1.29, 1.82) is 0 Å². The van der Waals surface area contributed by atoms with Crippen LogP contribution < -0.4 is 9.73 Å². The predicted octanol–water partition coefficient (Wildman–Crippen LogP) is 4.93. The molecule has 0 spiro atoms. The summed E-state index contributed by atoms with van der Waals surface area (Å²) in [5.74, 6) is -0.386. The van der Waals surface area contributed by atoms with Gasteiger partial charge < -0.3 is 5.11 Å². The fraction of sp³-hybridized carbons (Fsp3) is 0.0769. The van der Waals surface area contributed by atoms with E-state index >= 15 is 0 Å². The number of nitrogens with zero attached hydrogens (tertiary/aromatic N) is 2. The molecule has 0 aliphatic carbocycles. The fourth-order valence-electron chi connectivity index (χ4n) is 3.60. The van der Waals surface area contributed by atoms with Gasteiger partial charge in [-0.2, -0.15) is 5.10 Å². The van der Waals surface area contributed by atoms with Crippen molar-refractivity contribution in [3.63, 3.8) is 0 Å². The monoisotopic (exact) mass is 507 g/mol. The van der Waals surface area contributed by atoms with Crippen LogP contribution in [0.4, 0.5) is 5.69 Å². The van der Waals surface area contributed by atoms with Crippen molar-refractivity contribution in [2.24, 2.45) is 5.10 Å². The minimum absolute atomic E-state index is 0.0567. The van der Waals surface area contributed by atoms with Crippen molar-refractivity contribution in [2.45, 2.75) is 6.54 Å². The van der Waals surface area contributed by atoms with Crippen LogP contribution in [-0.4, -0.2) is 31.9 Å². The molecule has 0 bridgehead atoms. The number of carbonyl (C=O) groups excluding carboxylic acids is 1. The second-order valence-corrected chi connectivity index (χ2v) is 10.2. The largest absolute Gasteiger partial charge is 0.507 e. The molecular weight excluding hydrogens is 486 g/mol. The van der Waals surface area contributed by atoms with Crippen LogP contribution >= 0.6 is 11.6 Å². The quantitative estimate of drug-likeness (QED) is 0.274. The SMILES string of the molecule is CS(=O)(=O)N(Cc1ccc(C(=O)N/N=C\c2c(O)ccc3ccccc23)cc1)c1cccc(Cl)c1. The van der Waals surface area contributed by atoms with E-state index in [4.69, 9.17) is 11.6 Å². The van der Waals surface area contributed by atoms with Gasteiger partial charge in [0.2, 0.25) is 10.0 Å². The molecule has 0 aliphatic rings. The molecule has 7 nitrogen and oxygen atoms in total. The second-order valence-electron chi connectivity index (χ2n) is 7.87. The molecule has 0 atom stereocenters. The molecule has 0 unspecified atom stereocenters. The molecule has 35 heavy (non-hydrogen) atoms. The summed E-state index contributed by atoms with van der Waals surface area (Å²) in [4.78, 5) is 12.5. The molecule has 0 saturated carbocycles. The summed E-state index contributed by atoms with van der Waals surface area (Å²) >= 11 is 6.02. The fourth-order valence-corrected chi connectivity index (χ4v) is 4.66. The number of carbonyl (C=O) groups is 1. The van der Waals surface area contributed by atoms with Gasteiger partial charge in [-0.1, -0.05) is 60.1 Å². The number of anilines is 1. The van der Waals surface area contributed by atoms with Gasteiger partial charge in [0.05, 0.1) is 24.7 Å². The van der Waals surface area contributed by atoms with E-state index < -0.39 is 15.9 Å². The van der Waals surface area contributed by atoms with Crippen molar-refractivity contribution in [1.82, 2.24) is 5.43 Å². The highest BCUT2D eigenvalue weighted by atomic mass is 35.5. The first kappa shape index (κ1) is 24.3. The first-order valence-electron chi connectivity index (χ1n) is 10.6. The summed E-state index contributed by atoms with van der Waals surface area (Å²) in [6.07, 6.45) is 2.53. The molecule has 0 aromatic heterocycles. The maximum absolute atomic E-state index is 12.5. The van der Waals surface area contributed by atoms with E-state index in [0.717, 1.165) is 17.0 Å². The average Bonchev–Trinajstić information content (AvgIpc) is 2.83. The van der Waals surface area contributed by atoms with Crippen molar-refractivity contribution in [3.05, 3.63) is 107 Å². The zero-order chi connectivity index (χ0) is 25.0. The van der Waals surface area contributed by atoms with Crippen molar-refractivity contribution >= 4 is 50.2 Å². The average molecular weight is 508 g/mol. The van der Waals surface area contributed by atoms with E-state index in [0.29, 0.717) is 27.4 Å². The van der Waals surface area contributed by atoms with Gasteiger partial charge in [-0.25, -0.2) is 13.8 Å². The Morgan fingerprint density at radius 1 is 1.03 bits per heavy atom. The summed E-state index contributed by atoms with van der Waals surface area (Å²) in [5.41, 5.74) is 4.45. The van der Waals surface area contributed by atoms with E-state index in [1.54, 1.807) is 60.7 Å². The van der Waals surface area contributed by atoms with Crippen LogP contribution in [0.5, 0.6) is 5.75 Å². The molecule has 0 aliphatic heterocycles. The van der Waals surface area contributed by atoms with Gasteiger partial charge in [-0.15, -0.1) is 0 Å². The molecule has 4 aromatic carbocycles. The maximum atomic E-state index is 12.5. The minimum atomic E-state index is -3.56. The Hall–Kier alpha value is -3.88. The third-order valence-electron chi connectivity index (χ3n) is 5.35. The summed E-state index contributed by atoms with van der Waals surface area (Å²) in [5, 5.41) is 16.4. The van der Waals surface area contributed by atoms with Gasteiger partial charge in [-0.05, 0) is 52.7 Å². The molecule has 178 valence electrons. The number of rotatable bonds is 7. The topological polar surface area (TPSA) is 99.1 Å². The number of phenolic OH excluding ortho intramolecular Hbond substituents is 1. The standard InChI is InChI=1S/C26H22ClN3O4S/c1-35(33,34)30(22-7-4-6-21(27)15-22)17-18-9-11-20(12-10-18)26(32)29-28-16-24-23-8-3-2-5-19(23)13-14-25(24)31/h2-16,31H,17H2,1H3,(H,29,32)/b28-16-. The molecule has 0 fully saturated rings.